The summed E-state index contributed by atoms with van der Waals surface area (Å²) in [5.41, 5.74) is 0. The minimum Gasteiger partial charge on any atom is -0.479 e. The van der Waals surface area contributed by atoms with Crippen LogP contribution in [0.1, 0.15) is 0 Å². The molecule has 0 saturated carbocycles. The Morgan fingerprint density at radius 3 is 2.11 bits per heavy atom. The molecule has 2 atom stereocenters. The Hall–Kier alpha value is -0.320. The lowest BCUT2D eigenvalue weighted by Gasteiger charge is -2.08. The highest BCUT2D eigenvalue weighted by Gasteiger charge is 2.21. The molecule has 4 nitrogen and oxygen atoms in total. The number of hydrogen-bond acceptors (Lipinski definition) is 3. The van der Waals surface area contributed by atoms with Crippen molar-refractivity contribution in [1.82, 2.24) is 0 Å². The highest BCUT2D eigenvalue weighted by molar-refractivity contribution is 6.18. The lowest BCUT2D eigenvalue weighted by atomic mass is 10.2. The van der Waals surface area contributed by atoms with E-state index in [4.69, 9.17) is 26.9 Å². The van der Waals surface area contributed by atoms with Gasteiger partial charge in [-0.15, -0.1) is 11.6 Å². The van der Waals surface area contributed by atoms with Crippen LogP contribution in [0, 0.1) is 0 Å². The molecule has 0 aromatic carbocycles. The smallest absolute Gasteiger partial charge is 0.335 e. The monoisotopic (exact) mass is 154 g/mol. The first-order valence-electron chi connectivity index (χ1n) is 2.24. The summed E-state index contributed by atoms with van der Waals surface area (Å²) in [7, 11) is 0. The van der Waals surface area contributed by atoms with E-state index in [1.165, 1.54) is 0 Å². The fourth-order valence-corrected chi connectivity index (χ4v) is 0.418. The van der Waals surface area contributed by atoms with Crippen molar-refractivity contribution in [3.63, 3.8) is 0 Å². The first-order chi connectivity index (χ1) is 4.09. The molecule has 0 bridgehead atoms. The summed E-state index contributed by atoms with van der Waals surface area (Å²) in [4.78, 5) is 9.83. The average molecular weight is 155 g/mol. The van der Waals surface area contributed by atoms with Gasteiger partial charge in [-0.05, 0) is 0 Å². The van der Waals surface area contributed by atoms with E-state index in [1.54, 1.807) is 0 Å². The molecule has 0 aliphatic rings. The number of alkyl halides is 1. The van der Waals surface area contributed by atoms with E-state index in [0.29, 0.717) is 0 Å². The van der Waals surface area contributed by atoms with Gasteiger partial charge in [-0.3, -0.25) is 0 Å². The highest BCUT2D eigenvalue weighted by atomic mass is 35.5. The second-order valence-electron chi connectivity index (χ2n) is 1.50. The van der Waals surface area contributed by atoms with E-state index in [2.05, 4.69) is 0 Å². The molecule has 0 aliphatic heterocycles. The third-order valence-electron chi connectivity index (χ3n) is 0.776. The number of hydrogen-bond donors (Lipinski definition) is 3. The van der Waals surface area contributed by atoms with Crippen molar-refractivity contribution in [2.24, 2.45) is 0 Å². The Balaban J connectivity index is 3.72. The number of rotatable bonds is 3. The quantitative estimate of drug-likeness (QED) is 0.457. The normalized spacial score (nSPS) is 16.8. The van der Waals surface area contributed by atoms with Crippen molar-refractivity contribution >= 4 is 17.6 Å². The molecular formula is C4H7ClO4. The summed E-state index contributed by atoms with van der Waals surface area (Å²) in [6.07, 6.45) is -3.16. The van der Waals surface area contributed by atoms with Crippen molar-refractivity contribution in [2.45, 2.75) is 12.2 Å². The van der Waals surface area contributed by atoms with Crippen LogP contribution in [0.2, 0.25) is 0 Å². The van der Waals surface area contributed by atoms with Gasteiger partial charge in [-0.1, -0.05) is 0 Å². The van der Waals surface area contributed by atoms with Crippen molar-refractivity contribution in [3.8, 4) is 0 Å². The number of aliphatic carboxylic acids is 1. The molecule has 0 amide bonds. The molecule has 0 heterocycles. The maximum Gasteiger partial charge on any atom is 0.335 e. The van der Waals surface area contributed by atoms with Crippen molar-refractivity contribution in [2.75, 3.05) is 5.88 Å². The third kappa shape index (κ3) is 2.64. The molecule has 0 aromatic heterocycles. The fraction of sp³-hybridized carbons (Fsp3) is 0.750. The van der Waals surface area contributed by atoms with Crippen LogP contribution in [0.4, 0.5) is 0 Å². The minimum absolute atomic E-state index is 0.284. The van der Waals surface area contributed by atoms with E-state index < -0.39 is 18.2 Å². The highest BCUT2D eigenvalue weighted by Crippen LogP contribution is 1.95. The zero-order chi connectivity index (χ0) is 7.44. The standard InChI is InChI=1S/C4H7ClO4/c5-1-2(6)3(7)4(8)9/h2-3,6-7H,1H2,(H,8,9)/t2-,3-/m1/s1. The summed E-state index contributed by atoms with van der Waals surface area (Å²) in [6, 6.07) is 0. The van der Waals surface area contributed by atoms with Gasteiger partial charge in [0.2, 0.25) is 0 Å². The second kappa shape index (κ2) is 3.66. The van der Waals surface area contributed by atoms with E-state index in [-0.39, 0.29) is 5.88 Å². The van der Waals surface area contributed by atoms with Crippen molar-refractivity contribution in [3.05, 3.63) is 0 Å². The van der Waals surface area contributed by atoms with E-state index >= 15 is 0 Å². The van der Waals surface area contributed by atoms with Crippen LogP contribution >= 0.6 is 11.6 Å². The summed E-state index contributed by atoms with van der Waals surface area (Å²) in [5, 5.41) is 25.0. The van der Waals surface area contributed by atoms with Gasteiger partial charge in [-0.25, -0.2) is 4.79 Å². The summed E-state index contributed by atoms with van der Waals surface area (Å²) < 4.78 is 0. The van der Waals surface area contributed by atoms with Crippen LogP contribution in [-0.4, -0.2) is 39.4 Å². The maximum absolute atomic E-state index is 9.83. The van der Waals surface area contributed by atoms with Gasteiger partial charge in [-0.2, -0.15) is 0 Å². The number of carbonyl (C=O) groups is 1. The zero-order valence-electron chi connectivity index (χ0n) is 4.49. The molecule has 54 valence electrons. The molecule has 3 N–H and O–H groups in total. The second-order valence-corrected chi connectivity index (χ2v) is 1.81. The molecule has 0 rings (SSSR count). The molecule has 0 aliphatic carbocycles. The molecular weight excluding hydrogens is 147 g/mol. The van der Waals surface area contributed by atoms with Crippen molar-refractivity contribution < 1.29 is 20.1 Å². The lowest BCUT2D eigenvalue weighted by Crippen LogP contribution is -2.34. The van der Waals surface area contributed by atoms with Crippen LogP contribution in [0.3, 0.4) is 0 Å². The van der Waals surface area contributed by atoms with Crippen LogP contribution in [-0.2, 0) is 4.79 Å². The van der Waals surface area contributed by atoms with Gasteiger partial charge in [0.05, 0.1) is 5.88 Å². The molecule has 9 heavy (non-hydrogen) atoms. The number of carboxylic acids is 1. The van der Waals surface area contributed by atoms with Gasteiger partial charge in [0.25, 0.3) is 0 Å². The predicted molar refractivity (Wildman–Crippen MR) is 30.4 cm³/mol. The number of aliphatic hydroxyl groups excluding tert-OH is 2. The van der Waals surface area contributed by atoms with E-state index in [9.17, 15) is 4.79 Å². The van der Waals surface area contributed by atoms with Gasteiger partial charge in [0, 0.05) is 0 Å². The van der Waals surface area contributed by atoms with E-state index in [0.717, 1.165) is 0 Å². The molecule has 0 spiro atoms. The predicted octanol–water partition coefficient (Wildman–Crippen LogP) is -0.968. The molecule has 0 saturated heterocycles. The van der Waals surface area contributed by atoms with Crippen LogP contribution in [0.5, 0.6) is 0 Å². The molecule has 0 unspecified atom stereocenters. The zero-order valence-corrected chi connectivity index (χ0v) is 5.25. The molecule has 5 heteroatoms. The number of carboxylic acid groups (broad SMARTS) is 1. The number of aliphatic hydroxyl groups is 2. The Morgan fingerprint density at radius 2 is 2.00 bits per heavy atom. The molecule has 0 fully saturated rings. The van der Waals surface area contributed by atoms with E-state index in [1.807, 2.05) is 0 Å². The fourth-order valence-electron chi connectivity index (χ4n) is 0.249. The topological polar surface area (TPSA) is 77.8 Å². The van der Waals surface area contributed by atoms with Crippen LogP contribution in [0.25, 0.3) is 0 Å². The molecule has 0 aromatic rings. The Bertz CT molecular complexity index is 105. The van der Waals surface area contributed by atoms with Gasteiger partial charge in [0.1, 0.15) is 6.10 Å². The SMILES string of the molecule is O=C(O)[C@H](O)[C@H](O)CCl. The van der Waals surface area contributed by atoms with Crippen LogP contribution < -0.4 is 0 Å². The number of halogens is 1. The van der Waals surface area contributed by atoms with Gasteiger partial charge in [0.15, 0.2) is 6.10 Å². The summed E-state index contributed by atoms with van der Waals surface area (Å²) >= 11 is 5.02. The van der Waals surface area contributed by atoms with Gasteiger partial charge < -0.3 is 15.3 Å². The maximum atomic E-state index is 9.83. The van der Waals surface area contributed by atoms with Crippen LogP contribution in [0.15, 0.2) is 0 Å². The summed E-state index contributed by atoms with van der Waals surface area (Å²) in [6.45, 7) is 0. The first kappa shape index (κ1) is 8.68. The minimum atomic E-state index is -1.78. The Labute approximate surface area is 56.7 Å². The Kier molecular flexibility index (Phi) is 3.53. The lowest BCUT2D eigenvalue weighted by molar-refractivity contribution is -0.151. The largest absolute Gasteiger partial charge is 0.479 e. The van der Waals surface area contributed by atoms with Crippen molar-refractivity contribution in [1.29, 1.82) is 0 Å². The Morgan fingerprint density at radius 1 is 1.56 bits per heavy atom. The average Bonchev–Trinajstić information content (AvgIpc) is 1.84. The molecule has 0 radical (unpaired) electrons. The third-order valence-corrected chi connectivity index (χ3v) is 1.09. The first-order valence-corrected chi connectivity index (χ1v) is 2.78. The summed E-state index contributed by atoms with van der Waals surface area (Å²) in [5.74, 6) is -1.75. The van der Waals surface area contributed by atoms with Gasteiger partial charge >= 0.3 is 5.97 Å².